The molecule has 2 aliphatic heterocycles. The number of ether oxygens (including phenoxy) is 1. The number of amides is 1. The zero-order valence-corrected chi connectivity index (χ0v) is 21.2. The van der Waals surface area contributed by atoms with Crippen molar-refractivity contribution in [2.75, 3.05) is 59.5 Å². The van der Waals surface area contributed by atoms with Gasteiger partial charge in [0.1, 0.15) is 0 Å². The number of piperidine rings is 1. The lowest BCUT2D eigenvalue weighted by Crippen LogP contribution is -2.47. The SMILES string of the molecule is CN1CCN(C(=O)c2cccc(-c3cn[nH]c3[C@@H]3CCCN(CCOCc4ccccc4)C3)c2)CC1. The van der Waals surface area contributed by atoms with E-state index in [1.807, 2.05) is 47.5 Å². The summed E-state index contributed by atoms with van der Waals surface area (Å²) in [5, 5.41) is 7.70. The second-order valence-electron chi connectivity index (χ2n) is 10.1. The number of aromatic amines is 1. The molecule has 0 aliphatic carbocycles. The maximum atomic E-state index is 13.1. The molecule has 0 unspecified atom stereocenters. The van der Waals surface area contributed by atoms with Crippen LogP contribution in [0.3, 0.4) is 0 Å². The number of carbonyl (C=O) groups is 1. The Bertz CT molecular complexity index is 1120. The van der Waals surface area contributed by atoms with Gasteiger partial charge in [-0.3, -0.25) is 9.89 Å². The smallest absolute Gasteiger partial charge is 0.253 e. The highest BCUT2D eigenvalue weighted by Crippen LogP contribution is 2.33. The minimum Gasteiger partial charge on any atom is -0.375 e. The van der Waals surface area contributed by atoms with E-state index in [0.29, 0.717) is 12.5 Å². The van der Waals surface area contributed by atoms with Gasteiger partial charge in [-0.2, -0.15) is 5.10 Å². The molecule has 2 aromatic carbocycles. The lowest BCUT2D eigenvalue weighted by Gasteiger charge is -2.33. The number of aromatic nitrogens is 2. The van der Waals surface area contributed by atoms with Gasteiger partial charge in [0.05, 0.1) is 19.4 Å². The number of nitrogens with zero attached hydrogens (tertiary/aromatic N) is 4. The summed E-state index contributed by atoms with van der Waals surface area (Å²) in [5.74, 6) is 0.511. The second kappa shape index (κ2) is 11.8. The zero-order valence-electron chi connectivity index (χ0n) is 21.2. The van der Waals surface area contributed by atoms with Gasteiger partial charge in [-0.1, -0.05) is 42.5 Å². The molecule has 1 atom stereocenters. The van der Waals surface area contributed by atoms with Gasteiger partial charge >= 0.3 is 0 Å². The summed E-state index contributed by atoms with van der Waals surface area (Å²) in [7, 11) is 2.10. The number of piperazine rings is 1. The van der Waals surface area contributed by atoms with Gasteiger partial charge in [-0.05, 0) is 49.7 Å². The average molecular weight is 488 g/mol. The molecule has 7 heteroatoms. The molecule has 1 aromatic heterocycles. The summed E-state index contributed by atoms with van der Waals surface area (Å²) in [6.07, 6.45) is 4.21. The highest BCUT2D eigenvalue weighted by molar-refractivity contribution is 5.95. The minimum atomic E-state index is 0.120. The van der Waals surface area contributed by atoms with E-state index >= 15 is 0 Å². The topological polar surface area (TPSA) is 64.7 Å². The maximum Gasteiger partial charge on any atom is 0.253 e. The van der Waals surface area contributed by atoms with E-state index in [1.165, 1.54) is 11.3 Å². The molecule has 2 aliphatic rings. The van der Waals surface area contributed by atoms with E-state index in [2.05, 4.69) is 45.2 Å². The van der Waals surface area contributed by atoms with Crippen LogP contribution < -0.4 is 0 Å². The van der Waals surface area contributed by atoms with Crippen molar-refractivity contribution in [1.82, 2.24) is 24.9 Å². The minimum absolute atomic E-state index is 0.120. The Balaban J connectivity index is 1.21. The quantitative estimate of drug-likeness (QED) is 0.489. The van der Waals surface area contributed by atoms with Crippen molar-refractivity contribution >= 4 is 5.91 Å². The van der Waals surface area contributed by atoms with Crippen molar-refractivity contribution in [1.29, 1.82) is 0 Å². The number of rotatable bonds is 8. The highest BCUT2D eigenvalue weighted by Gasteiger charge is 2.26. The van der Waals surface area contributed by atoms with Crippen LogP contribution in [0.4, 0.5) is 0 Å². The van der Waals surface area contributed by atoms with Crippen LogP contribution in [-0.2, 0) is 11.3 Å². The molecule has 36 heavy (non-hydrogen) atoms. The van der Waals surface area contributed by atoms with Crippen LogP contribution in [-0.4, -0.2) is 90.3 Å². The van der Waals surface area contributed by atoms with E-state index < -0.39 is 0 Å². The average Bonchev–Trinajstić information content (AvgIpc) is 3.42. The number of hydrogen-bond acceptors (Lipinski definition) is 5. The van der Waals surface area contributed by atoms with Crippen LogP contribution >= 0.6 is 0 Å². The molecule has 0 radical (unpaired) electrons. The van der Waals surface area contributed by atoms with Crippen molar-refractivity contribution < 1.29 is 9.53 Å². The molecular formula is C29H37N5O2. The van der Waals surface area contributed by atoms with E-state index in [-0.39, 0.29) is 5.91 Å². The third kappa shape index (κ3) is 6.03. The van der Waals surface area contributed by atoms with Gasteiger partial charge in [-0.25, -0.2) is 0 Å². The lowest BCUT2D eigenvalue weighted by atomic mass is 9.90. The Morgan fingerprint density at radius 2 is 1.89 bits per heavy atom. The molecule has 2 saturated heterocycles. The monoisotopic (exact) mass is 487 g/mol. The molecule has 0 saturated carbocycles. The number of likely N-dealkylation sites (tertiary alicyclic amines) is 1. The standard InChI is InChI=1S/C29H37N5O2/c1-32-13-15-34(16-14-32)29(35)25-10-5-9-24(19-25)27-20-30-31-28(27)26-11-6-12-33(21-26)17-18-36-22-23-7-3-2-4-8-23/h2-5,7-10,19-20,26H,6,11-18,21-22H2,1H3,(H,30,31)/t26-/m1/s1. The maximum absolute atomic E-state index is 13.1. The fraction of sp³-hybridized carbons (Fsp3) is 0.448. The molecule has 3 heterocycles. The van der Waals surface area contributed by atoms with Crippen LogP contribution in [0.2, 0.25) is 0 Å². The lowest BCUT2D eigenvalue weighted by molar-refractivity contribution is 0.0664. The van der Waals surface area contributed by atoms with E-state index in [9.17, 15) is 4.79 Å². The fourth-order valence-corrected chi connectivity index (χ4v) is 5.30. The van der Waals surface area contributed by atoms with Gasteiger partial charge in [-0.15, -0.1) is 0 Å². The number of likely N-dealkylation sites (N-methyl/N-ethyl adjacent to an activating group) is 1. The fourth-order valence-electron chi connectivity index (χ4n) is 5.30. The summed E-state index contributed by atoms with van der Waals surface area (Å²) >= 11 is 0. The molecule has 2 fully saturated rings. The van der Waals surface area contributed by atoms with Gasteiger partial charge in [0.2, 0.25) is 0 Å². The Morgan fingerprint density at radius 1 is 1.06 bits per heavy atom. The Morgan fingerprint density at radius 3 is 2.72 bits per heavy atom. The van der Waals surface area contributed by atoms with Crippen molar-refractivity contribution in [2.45, 2.75) is 25.4 Å². The van der Waals surface area contributed by atoms with Crippen molar-refractivity contribution in [3.8, 4) is 11.1 Å². The second-order valence-corrected chi connectivity index (χ2v) is 10.1. The Hall–Kier alpha value is -3.00. The first-order chi connectivity index (χ1) is 17.7. The largest absolute Gasteiger partial charge is 0.375 e. The molecule has 5 rings (SSSR count). The number of nitrogens with one attached hydrogen (secondary N) is 1. The van der Waals surface area contributed by atoms with Crippen LogP contribution in [0.25, 0.3) is 11.1 Å². The number of carbonyl (C=O) groups excluding carboxylic acids is 1. The summed E-state index contributed by atoms with van der Waals surface area (Å²) in [4.78, 5) is 19.9. The zero-order chi connectivity index (χ0) is 24.7. The van der Waals surface area contributed by atoms with E-state index in [1.54, 1.807) is 0 Å². The predicted molar refractivity (Wildman–Crippen MR) is 142 cm³/mol. The van der Waals surface area contributed by atoms with Gasteiger partial charge < -0.3 is 19.4 Å². The van der Waals surface area contributed by atoms with Gasteiger partial charge in [0, 0.05) is 62.0 Å². The summed E-state index contributed by atoms with van der Waals surface area (Å²) in [6, 6.07) is 18.4. The van der Waals surface area contributed by atoms with Gasteiger partial charge in [0.15, 0.2) is 0 Å². The highest BCUT2D eigenvalue weighted by atomic mass is 16.5. The summed E-state index contributed by atoms with van der Waals surface area (Å²) in [6.45, 7) is 7.82. The van der Waals surface area contributed by atoms with Crippen LogP contribution in [0, 0.1) is 0 Å². The molecule has 1 amide bonds. The van der Waals surface area contributed by atoms with E-state index in [4.69, 9.17) is 4.74 Å². The van der Waals surface area contributed by atoms with Crippen molar-refractivity contribution in [2.24, 2.45) is 0 Å². The molecule has 1 N–H and O–H groups in total. The Labute approximate surface area is 214 Å². The Kier molecular flexibility index (Phi) is 8.11. The summed E-state index contributed by atoms with van der Waals surface area (Å²) < 4.78 is 5.93. The van der Waals surface area contributed by atoms with Crippen molar-refractivity contribution in [3.05, 3.63) is 77.6 Å². The molecule has 0 bridgehead atoms. The first-order valence-electron chi connectivity index (χ1n) is 13.1. The number of benzene rings is 2. The summed E-state index contributed by atoms with van der Waals surface area (Å²) in [5.41, 5.74) is 5.31. The van der Waals surface area contributed by atoms with Crippen LogP contribution in [0.15, 0.2) is 60.8 Å². The predicted octanol–water partition coefficient (Wildman–Crippen LogP) is 3.86. The first-order valence-corrected chi connectivity index (χ1v) is 13.1. The number of H-pyrrole nitrogens is 1. The third-order valence-electron chi connectivity index (χ3n) is 7.46. The molecule has 7 nitrogen and oxygen atoms in total. The van der Waals surface area contributed by atoms with E-state index in [0.717, 1.165) is 82.0 Å². The molecule has 3 aromatic rings. The van der Waals surface area contributed by atoms with Crippen LogP contribution in [0.1, 0.15) is 40.4 Å². The third-order valence-corrected chi connectivity index (χ3v) is 7.46. The first kappa shape index (κ1) is 24.7. The number of hydrogen-bond donors (Lipinski definition) is 1. The molecular weight excluding hydrogens is 450 g/mol. The molecule has 0 spiro atoms. The van der Waals surface area contributed by atoms with Crippen molar-refractivity contribution in [3.63, 3.8) is 0 Å². The normalized spacial score (nSPS) is 19.5. The molecule has 190 valence electrons. The van der Waals surface area contributed by atoms with Crippen LogP contribution in [0.5, 0.6) is 0 Å². The van der Waals surface area contributed by atoms with Gasteiger partial charge in [0.25, 0.3) is 5.91 Å².